The van der Waals surface area contributed by atoms with Gasteiger partial charge in [0.05, 0.1) is 0 Å². The number of hydrogen-bond acceptors (Lipinski definition) is 4. The first-order chi connectivity index (χ1) is 8.18. The van der Waals surface area contributed by atoms with E-state index in [-0.39, 0.29) is 6.03 Å². The molecule has 1 aromatic rings. The SMILES string of the molecule is CC1CCCCC1N(C)C(=O)Nc1nncs1. The first kappa shape index (κ1) is 12.3. The summed E-state index contributed by atoms with van der Waals surface area (Å²) in [6.45, 7) is 2.22. The summed E-state index contributed by atoms with van der Waals surface area (Å²) >= 11 is 1.34. The van der Waals surface area contributed by atoms with Gasteiger partial charge in [-0.3, -0.25) is 5.32 Å². The molecule has 2 unspecified atom stereocenters. The van der Waals surface area contributed by atoms with Crippen molar-refractivity contribution in [2.24, 2.45) is 5.92 Å². The van der Waals surface area contributed by atoms with E-state index >= 15 is 0 Å². The number of rotatable bonds is 2. The summed E-state index contributed by atoms with van der Waals surface area (Å²) in [7, 11) is 1.86. The van der Waals surface area contributed by atoms with Crippen molar-refractivity contribution in [1.82, 2.24) is 15.1 Å². The maximum atomic E-state index is 12.0. The molecule has 2 atom stereocenters. The molecule has 94 valence electrons. The zero-order valence-electron chi connectivity index (χ0n) is 10.2. The van der Waals surface area contributed by atoms with Crippen LogP contribution in [-0.2, 0) is 0 Å². The zero-order chi connectivity index (χ0) is 12.3. The third-order valence-electron chi connectivity index (χ3n) is 3.46. The average Bonchev–Trinajstić information content (AvgIpc) is 2.81. The second-order valence-electron chi connectivity index (χ2n) is 4.61. The summed E-state index contributed by atoms with van der Waals surface area (Å²) in [5.41, 5.74) is 1.61. The largest absolute Gasteiger partial charge is 0.324 e. The van der Waals surface area contributed by atoms with E-state index in [2.05, 4.69) is 22.4 Å². The molecule has 1 saturated carbocycles. The Morgan fingerprint density at radius 3 is 2.94 bits per heavy atom. The number of amides is 2. The summed E-state index contributed by atoms with van der Waals surface area (Å²) in [5.74, 6) is 0.578. The highest BCUT2D eigenvalue weighted by molar-refractivity contribution is 7.13. The third-order valence-corrected chi connectivity index (χ3v) is 4.06. The number of aromatic nitrogens is 2. The number of nitrogens with one attached hydrogen (secondary N) is 1. The normalized spacial score (nSPS) is 24.4. The van der Waals surface area contributed by atoms with Gasteiger partial charge < -0.3 is 4.90 Å². The fraction of sp³-hybridized carbons (Fsp3) is 0.727. The fourth-order valence-electron chi connectivity index (χ4n) is 2.43. The molecule has 2 amide bonds. The van der Waals surface area contributed by atoms with Gasteiger partial charge >= 0.3 is 6.03 Å². The Hall–Kier alpha value is -1.17. The first-order valence-corrected chi connectivity index (χ1v) is 6.86. The van der Waals surface area contributed by atoms with E-state index < -0.39 is 0 Å². The summed E-state index contributed by atoms with van der Waals surface area (Å²) in [5, 5.41) is 10.8. The van der Waals surface area contributed by atoms with Gasteiger partial charge in [-0.15, -0.1) is 10.2 Å². The summed E-state index contributed by atoms with van der Waals surface area (Å²) < 4.78 is 0. The van der Waals surface area contributed by atoms with Gasteiger partial charge in [0, 0.05) is 13.1 Å². The lowest BCUT2D eigenvalue weighted by Crippen LogP contribution is -2.44. The van der Waals surface area contributed by atoms with Crippen molar-refractivity contribution >= 4 is 22.5 Å². The Balaban J connectivity index is 1.94. The van der Waals surface area contributed by atoms with Crippen molar-refractivity contribution in [1.29, 1.82) is 0 Å². The molecule has 0 spiro atoms. The predicted octanol–water partition coefficient (Wildman–Crippen LogP) is 2.58. The topological polar surface area (TPSA) is 58.1 Å². The van der Waals surface area contributed by atoms with E-state index in [4.69, 9.17) is 0 Å². The van der Waals surface area contributed by atoms with Crippen LogP contribution in [0.2, 0.25) is 0 Å². The van der Waals surface area contributed by atoms with Crippen LogP contribution in [0.3, 0.4) is 0 Å². The third kappa shape index (κ3) is 2.94. The molecule has 0 saturated heterocycles. The van der Waals surface area contributed by atoms with Crippen LogP contribution in [0.15, 0.2) is 5.51 Å². The molecule has 0 bridgehead atoms. The number of nitrogens with zero attached hydrogens (tertiary/aromatic N) is 3. The molecule has 5 nitrogen and oxygen atoms in total. The molecular formula is C11H18N4OS. The lowest BCUT2D eigenvalue weighted by Gasteiger charge is -2.35. The van der Waals surface area contributed by atoms with Gasteiger partial charge in [0.1, 0.15) is 5.51 Å². The van der Waals surface area contributed by atoms with E-state index in [0.29, 0.717) is 17.1 Å². The van der Waals surface area contributed by atoms with Crippen molar-refractivity contribution in [3.63, 3.8) is 0 Å². The number of carbonyl (C=O) groups is 1. The zero-order valence-corrected chi connectivity index (χ0v) is 11.0. The van der Waals surface area contributed by atoms with E-state index in [1.807, 2.05) is 11.9 Å². The first-order valence-electron chi connectivity index (χ1n) is 5.98. The van der Waals surface area contributed by atoms with Crippen molar-refractivity contribution in [3.8, 4) is 0 Å². The van der Waals surface area contributed by atoms with Crippen LogP contribution in [0, 0.1) is 5.92 Å². The van der Waals surface area contributed by atoms with Crippen LogP contribution in [0.1, 0.15) is 32.6 Å². The molecular weight excluding hydrogens is 236 g/mol. The van der Waals surface area contributed by atoms with Gasteiger partial charge in [-0.05, 0) is 18.8 Å². The summed E-state index contributed by atoms with van der Waals surface area (Å²) in [4.78, 5) is 13.8. The van der Waals surface area contributed by atoms with Gasteiger partial charge in [-0.2, -0.15) is 0 Å². The van der Waals surface area contributed by atoms with Crippen LogP contribution in [0.25, 0.3) is 0 Å². The lowest BCUT2D eigenvalue weighted by atomic mass is 9.85. The molecule has 6 heteroatoms. The van der Waals surface area contributed by atoms with Gasteiger partial charge in [0.15, 0.2) is 0 Å². The standard InChI is InChI=1S/C11H18N4OS/c1-8-5-3-4-6-9(8)15(2)11(16)13-10-14-12-7-17-10/h7-9H,3-6H2,1-2H3,(H,13,14,16). The molecule has 0 aliphatic heterocycles. The van der Waals surface area contributed by atoms with E-state index in [1.165, 1.54) is 30.6 Å². The molecule has 1 aromatic heterocycles. The van der Waals surface area contributed by atoms with Crippen molar-refractivity contribution in [3.05, 3.63) is 5.51 Å². The Bertz CT molecular complexity index is 368. The molecule has 0 aromatic carbocycles. The van der Waals surface area contributed by atoms with Gasteiger partial charge in [-0.25, -0.2) is 4.79 Å². The Kier molecular flexibility index (Phi) is 3.93. The Morgan fingerprint density at radius 2 is 2.29 bits per heavy atom. The van der Waals surface area contributed by atoms with Gasteiger partial charge in [0.25, 0.3) is 0 Å². The number of urea groups is 1. The van der Waals surface area contributed by atoms with Gasteiger partial charge in [0.2, 0.25) is 5.13 Å². The lowest BCUT2D eigenvalue weighted by molar-refractivity contribution is 0.155. The quantitative estimate of drug-likeness (QED) is 0.882. The molecule has 2 rings (SSSR count). The highest BCUT2D eigenvalue weighted by atomic mass is 32.1. The van der Waals surface area contributed by atoms with E-state index in [1.54, 1.807) is 5.51 Å². The number of carbonyl (C=O) groups excluding carboxylic acids is 1. The van der Waals surface area contributed by atoms with E-state index in [0.717, 1.165) is 6.42 Å². The molecule has 1 aliphatic carbocycles. The fourth-order valence-corrected chi connectivity index (χ4v) is 2.86. The maximum absolute atomic E-state index is 12.0. The summed E-state index contributed by atoms with van der Waals surface area (Å²) in [6.07, 6.45) is 4.80. The Labute approximate surface area is 105 Å². The minimum Gasteiger partial charge on any atom is -0.324 e. The minimum absolute atomic E-state index is 0.0829. The average molecular weight is 254 g/mol. The monoisotopic (exact) mass is 254 g/mol. The van der Waals surface area contributed by atoms with Gasteiger partial charge in [-0.1, -0.05) is 31.1 Å². The smallest absolute Gasteiger partial charge is 0.323 e. The second-order valence-corrected chi connectivity index (χ2v) is 5.45. The minimum atomic E-state index is -0.0829. The summed E-state index contributed by atoms with van der Waals surface area (Å²) in [6, 6.07) is 0.261. The number of hydrogen-bond donors (Lipinski definition) is 1. The molecule has 17 heavy (non-hydrogen) atoms. The molecule has 0 radical (unpaired) electrons. The van der Waals surface area contributed by atoms with Crippen molar-refractivity contribution in [2.45, 2.75) is 38.6 Å². The molecule has 1 N–H and O–H groups in total. The molecule has 1 fully saturated rings. The van der Waals surface area contributed by atoms with Crippen LogP contribution >= 0.6 is 11.3 Å². The highest BCUT2D eigenvalue weighted by Crippen LogP contribution is 2.27. The Morgan fingerprint density at radius 1 is 1.53 bits per heavy atom. The molecule has 1 heterocycles. The van der Waals surface area contributed by atoms with E-state index in [9.17, 15) is 4.79 Å². The predicted molar refractivity (Wildman–Crippen MR) is 68.1 cm³/mol. The second kappa shape index (κ2) is 5.44. The van der Waals surface area contributed by atoms with Crippen molar-refractivity contribution in [2.75, 3.05) is 12.4 Å². The van der Waals surface area contributed by atoms with Crippen molar-refractivity contribution < 1.29 is 4.79 Å². The van der Waals surface area contributed by atoms with Crippen LogP contribution in [0.4, 0.5) is 9.93 Å². The molecule has 1 aliphatic rings. The van der Waals surface area contributed by atoms with Crippen LogP contribution < -0.4 is 5.32 Å². The highest BCUT2D eigenvalue weighted by Gasteiger charge is 2.28. The van der Waals surface area contributed by atoms with Crippen LogP contribution in [-0.4, -0.2) is 34.2 Å². The van der Waals surface area contributed by atoms with Crippen LogP contribution in [0.5, 0.6) is 0 Å². The maximum Gasteiger partial charge on any atom is 0.323 e. The number of anilines is 1.